The zero-order chi connectivity index (χ0) is 9.40. The standard InChI is InChI=1S/C8H18N2.C2H6.H2/c1-3-10-6-4-5-9(2)7-8-10;1-2;/h3-8H2,1-2H3;1-2H3;1H. The molecule has 0 bridgehead atoms. The van der Waals surface area contributed by atoms with Crippen LogP contribution in [-0.4, -0.2) is 49.6 Å². The van der Waals surface area contributed by atoms with E-state index in [1.165, 1.54) is 39.1 Å². The smallest absolute Gasteiger partial charge is 0.0109 e. The highest BCUT2D eigenvalue weighted by Crippen LogP contribution is 1.99. The third kappa shape index (κ3) is 4.73. The van der Waals surface area contributed by atoms with Gasteiger partial charge >= 0.3 is 0 Å². The van der Waals surface area contributed by atoms with Crippen LogP contribution < -0.4 is 0 Å². The van der Waals surface area contributed by atoms with Crippen molar-refractivity contribution in [2.45, 2.75) is 27.2 Å². The van der Waals surface area contributed by atoms with E-state index in [0.717, 1.165) is 0 Å². The van der Waals surface area contributed by atoms with Crippen molar-refractivity contribution in [1.82, 2.24) is 9.80 Å². The Balaban J connectivity index is 0. The van der Waals surface area contributed by atoms with Crippen molar-refractivity contribution < 1.29 is 1.43 Å². The van der Waals surface area contributed by atoms with E-state index in [-0.39, 0.29) is 1.43 Å². The maximum Gasteiger partial charge on any atom is 0.0109 e. The van der Waals surface area contributed by atoms with Crippen molar-refractivity contribution in [2.24, 2.45) is 0 Å². The molecule has 0 spiro atoms. The summed E-state index contributed by atoms with van der Waals surface area (Å²) in [5.41, 5.74) is 0. The predicted molar refractivity (Wildman–Crippen MR) is 57.7 cm³/mol. The Bertz CT molecular complexity index is 98.9. The van der Waals surface area contributed by atoms with Crippen LogP contribution in [0.3, 0.4) is 0 Å². The molecule has 0 N–H and O–H groups in total. The lowest BCUT2D eigenvalue weighted by atomic mass is 10.4. The summed E-state index contributed by atoms with van der Waals surface area (Å²) in [6.07, 6.45) is 1.34. The summed E-state index contributed by atoms with van der Waals surface area (Å²) >= 11 is 0. The minimum absolute atomic E-state index is 0. The fraction of sp³-hybridized carbons (Fsp3) is 1.00. The van der Waals surface area contributed by atoms with Crippen molar-refractivity contribution >= 4 is 0 Å². The van der Waals surface area contributed by atoms with Gasteiger partial charge in [-0.25, -0.2) is 0 Å². The molecule has 0 unspecified atom stereocenters. The van der Waals surface area contributed by atoms with Gasteiger partial charge < -0.3 is 9.80 Å². The Morgan fingerprint density at radius 1 is 1.08 bits per heavy atom. The molecule has 0 atom stereocenters. The van der Waals surface area contributed by atoms with Crippen molar-refractivity contribution in [3.05, 3.63) is 0 Å². The first-order valence-corrected chi connectivity index (χ1v) is 5.24. The third-order valence-corrected chi connectivity index (χ3v) is 2.26. The van der Waals surface area contributed by atoms with Gasteiger partial charge in [-0.2, -0.15) is 0 Å². The van der Waals surface area contributed by atoms with E-state index >= 15 is 0 Å². The molecule has 0 radical (unpaired) electrons. The number of hydrogen-bond acceptors (Lipinski definition) is 2. The average molecular weight is 174 g/mol. The van der Waals surface area contributed by atoms with Gasteiger partial charge in [0.25, 0.3) is 0 Å². The fourth-order valence-corrected chi connectivity index (χ4v) is 1.42. The van der Waals surface area contributed by atoms with Gasteiger partial charge in [-0.1, -0.05) is 20.8 Å². The van der Waals surface area contributed by atoms with Crippen molar-refractivity contribution in [3.63, 3.8) is 0 Å². The van der Waals surface area contributed by atoms with E-state index < -0.39 is 0 Å². The Hall–Kier alpha value is -0.0800. The molecule has 0 amide bonds. The molecule has 1 rings (SSSR count). The summed E-state index contributed by atoms with van der Waals surface area (Å²) < 4.78 is 0. The topological polar surface area (TPSA) is 6.48 Å². The van der Waals surface area contributed by atoms with Crippen LogP contribution in [0.4, 0.5) is 0 Å². The molecule has 0 aromatic carbocycles. The molecule has 2 heteroatoms. The molecule has 1 aliphatic rings. The second-order valence-corrected chi connectivity index (χ2v) is 3.09. The van der Waals surface area contributed by atoms with E-state index in [0.29, 0.717) is 0 Å². The van der Waals surface area contributed by atoms with E-state index in [2.05, 4.69) is 23.8 Å². The molecule has 0 aromatic rings. The van der Waals surface area contributed by atoms with Gasteiger partial charge in [0, 0.05) is 14.5 Å². The lowest BCUT2D eigenvalue weighted by Gasteiger charge is -2.16. The van der Waals surface area contributed by atoms with E-state index in [9.17, 15) is 0 Å². The van der Waals surface area contributed by atoms with Gasteiger partial charge in [-0.05, 0) is 33.1 Å². The molecule has 0 aromatic heterocycles. The quantitative estimate of drug-likeness (QED) is 0.599. The SMILES string of the molecule is CC.CCN1CCCN(C)CC1.[HH]. The molecule has 2 nitrogen and oxygen atoms in total. The highest BCUT2D eigenvalue weighted by Gasteiger charge is 2.08. The van der Waals surface area contributed by atoms with Crippen LogP contribution in [0.2, 0.25) is 0 Å². The van der Waals surface area contributed by atoms with E-state index in [4.69, 9.17) is 0 Å². The first-order chi connectivity index (χ1) is 5.83. The normalized spacial score (nSPS) is 21.0. The number of rotatable bonds is 1. The minimum Gasteiger partial charge on any atom is -0.305 e. The van der Waals surface area contributed by atoms with E-state index in [1.807, 2.05) is 13.8 Å². The van der Waals surface area contributed by atoms with Crippen LogP contribution in [0.25, 0.3) is 0 Å². The first kappa shape index (κ1) is 11.9. The lowest BCUT2D eigenvalue weighted by Crippen LogP contribution is -2.28. The number of likely N-dealkylation sites (N-methyl/N-ethyl adjacent to an activating group) is 2. The largest absolute Gasteiger partial charge is 0.305 e. The number of hydrogen-bond donors (Lipinski definition) is 0. The van der Waals surface area contributed by atoms with Crippen molar-refractivity contribution in [1.29, 1.82) is 0 Å². The van der Waals surface area contributed by atoms with Gasteiger partial charge in [0.15, 0.2) is 0 Å². The van der Waals surface area contributed by atoms with Crippen LogP contribution >= 0.6 is 0 Å². The second-order valence-electron chi connectivity index (χ2n) is 3.09. The van der Waals surface area contributed by atoms with Crippen LogP contribution in [-0.2, 0) is 0 Å². The molecular weight excluding hydrogens is 148 g/mol. The Morgan fingerprint density at radius 2 is 1.75 bits per heavy atom. The third-order valence-electron chi connectivity index (χ3n) is 2.26. The highest BCUT2D eigenvalue weighted by molar-refractivity contribution is 4.65. The summed E-state index contributed by atoms with van der Waals surface area (Å²) in [6, 6.07) is 0. The maximum absolute atomic E-state index is 2.52. The van der Waals surface area contributed by atoms with Gasteiger partial charge in [0.1, 0.15) is 0 Å². The van der Waals surface area contributed by atoms with Crippen LogP contribution in [0.1, 0.15) is 28.6 Å². The summed E-state index contributed by atoms with van der Waals surface area (Å²) in [5, 5.41) is 0. The maximum atomic E-state index is 2.52. The zero-order valence-electron chi connectivity index (χ0n) is 9.14. The average Bonchev–Trinajstić information content (AvgIpc) is 2.33. The second kappa shape index (κ2) is 7.56. The van der Waals surface area contributed by atoms with Gasteiger partial charge in [0.2, 0.25) is 0 Å². The molecule has 1 heterocycles. The number of nitrogens with zero attached hydrogens (tertiary/aromatic N) is 2. The van der Waals surface area contributed by atoms with Crippen LogP contribution in [0, 0.1) is 0 Å². The Labute approximate surface area is 79.0 Å². The molecule has 0 saturated carbocycles. The van der Waals surface area contributed by atoms with Crippen molar-refractivity contribution in [3.8, 4) is 0 Å². The molecule has 0 aliphatic carbocycles. The fourth-order valence-electron chi connectivity index (χ4n) is 1.42. The molecule has 1 fully saturated rings. The van der Waals surface area contributed by atoms with Gasteiger partial charge in [-0.15, -0.1) is 0 Å². The summed E-state index contributed by atoms with van der Waals surface area (Å²) in [4.78, 5) is 4.93. The monoisotopic (exact) mass is 174 g/mol. The van der Waals surface area contributed by atoms with Crippen LogP contribution in [0.15, 0.2) is 0 Å². The molecule has 1 aliphatic heterocycles. The molecule has 76 valence electrons. The Morgan fingerprint density at radius 3 is 2.33 bits per heavy atom. The lowest BCUT2D eigenvalue weighted by molar-refractivity contribution is 0.289. The summed E-state index contributed by atoms with van der Waals surface area (Å²) in [6.45, 7) is 12.5. The Kier molecular flexibility index (Phi) is 7.51. The molecule has 12 heavy (non-hydrogen) atoms. The van der Waals surface area contributed by atoms with Crippen LogP contribution in [0.5, 0.6) is 0 Å². The molecular formula is C10H26N2. The first-order valence-electron chi connectivity index (χ1n) is 5.24. The summed E-state index contributed by atoms with van der Waals surface area (Å²) in [5.74, 6) is 0. The molecule has 1 saturated heterocycles. The van der Waals surface area contributed by atoms with Crippen molar-refractivity contribution in [2.75, 3.05) is 39.8 Å². The van der Waals surface area contributed by atoms with Gasteiger partial charge in [0.05, 0.1) is 0 Å². The highest BCUT2D eigenvalue weighted by atomic mass is 15.2. The minimum atomic E-state index is 0. The zero-order valence-corrected chi connectivity index (χ0v) is 9.14. The van der Waals surface area contributed by atoms with E-state index in [1.54, 1.807) is 0 Å². The summed E-state index contributed by atoms with van der Waals surface area (Å²) in [7, 11) is 2.21. The predicted octanol–water partition coefficient (Wildman–Crippen LogP) is 1.92. The van der Waals surface area contributed by atoms with Gasteiger partial charge in [-0.3, -0.25) is 0 Å².